The Hall–Kier alpha value is -2.86. The molecule has 1 N–H and O–H groups in total. The van der Waals surface area contributed by atoms with E-state index >= 15 is 0 Å². The number of ether oxygens (including phenoxy) is 5. The summed E-state index contributed by atoms with van der Waals surface area (Å²) in [6.07, 6.45) is 2.45. The molecule has 0 spiro atoms. The predicted octanol–water partition coefficient (Wildman–Crippen LogP) is 4.26. The summed E-state index contributed by atoms with van der Waals surface area (Å²) < 4.78 is 27.4. The van der Waals surface area contributed by atoms with Crippen LogP contribution in [0.3, 0.4) is 0 Å². The van der Waals surface area contributed by atoms with Gasteiger partial charge in [0, 0.05) is 0 Å². The van der Waals surface area contributed by atoms with Crippen LogP contribution < -0.4 is 23.7 Å². The molecule has 0 heterocycles. The topological polar surface area (TPSA) is 66.4 Å². The zero-order valence-corrected chi connectivity index (χ0v) is 17.2. The van der Waals surface area contributed by atoms with Crippen molar-refractivity contribution in [3.8, 4) is 28.7 Å². The summed E-state index contributed by atoms with van der Waals surface area (Å²) in [6.45, 7) is 3.74. The summed E-state index contributed by atoms with van der Waals surface area (Å²) >= 11 is 0. The lowest BCUT2D eigenvalue weighted by atomic mass is 10.0. The van der Waals surface area contributed by atoms with Gasteiger partial charge in [-0.05, 0) is 49.2 Å². The first-order valence-corrected chi connectivity index (χ1v) is 8.94. The Kier molecular flexibility index (Phi) is 7.58. The highest BCUT2D eigenvalue weighted by Gasteiger charge is 2.23. The monoisotopic (exact) mass is 388 g/mol. The molecule has 2 aromatic carbocycles. The maximum Gasteiger partial charge on any atom is 0.203 e. The molecule has 0 amide bonds. The number of methoxy groups -OCH3 is 4. The lowest BCUT2D eigenvalue weighted by Gasteiger charge is -2.23. The molecule has 0 unspecified atom stereocenters. The summed E-state index contributed by atoms with van der Waals surface area (Å²) in [4.78, 5) is 0. The van der Waals surface area contributed by atoms with Crippen LogP contribution in [0.2, 0.25) is 0 Å². The van der Waals surface area contributed by atoms with E-state index in [0.29, 0.717) is 34.3 Å². The summed E-state index contributed by atoms with van der Waals surface area (Å²) in [6, 6.07) is 9.05. The third-order valence-corrected chi connectivity index (χ3v) is 4.33. The summed E-state index contributed by atoms with van der Waals surface area (Å²) in [7, 11) is 6.18. The Morgan fingerprint density at radius 2 is 1.43 bits per heavy atom. The summed E-state index contributed by atoms with van der Waals surface area (Å²) in [5, 5.41) is 10.8. The Bertz CT molecular complexity index is 790. The molecule has 6 heteroatoms. The van der Waals surface area contributed by atoms with Gasteiger partial charge in [0.1, 0.15) is 12.2 Å². The van der Waals surface area contributed by atoms with Crippen LogP contribution in [-0.4, -0.2) is 39.6 Å². The fraction of sp³-hybridized carbons (Fsp3) is 0.364. The minimum atomic E-state index is -0.923. The van der Waals surface area contributed by atoms with Crippen LogP contribution in [0.4, 0.5) is 0 Å². The predicted molar refractivity (Wildman–Crippen MR) is 109 cm³/mol. The van der Waals surface area contributed by atoms with Gasteiger partial charge in [0.15, 0.2) is 23.0 Å². The summed E-state index contributed by atoms with van der Waals surface area (Å²) in [5.74, 6) is 2.55. The average Bonchev–Trinajstić information content (AvgIpc) is 2.72. The van der Waals surface area contributed by atoms with Crippen LogP contribution in [0.1, 0.15) is 31.1 Å². The molecule has 2 rings (SSSR count). The molecular weight excluding hydrogens is 360 g/mol. The molecule has 0 saturated heterocycles. The van der Waals surface area contributed by atoms with Crippen molar-refractivity contribution in [2.75, 3.05) is 28.4 Å². The zero-order valence-electron chi connectivity index (χ0n) is 17.2. The highest BCUT2D eigenvalue weighted by Crippen LogP contribution is 2.40. The molecule has 2 atom stereocenters. The van der Waals surface area contributed by atoms with E-state index in [1.165, 1.54) is 21.3 Å². The molecule has 0 aliphatic heterocycles. The average molecular weight is 388 g/mol. The molecule has 28 heavy (non-hydrogen) atoms. The maximum atomic E-state index is 10.8. The van der Waals surface area contributed by atoms with Gasteiger partial charge < -0.3 is 28.8 Å². The van der Waals surface area contributed by atoms with Gasteiger partial charge >= 0.3 is 0 Å². The number of allylic oxidation sites excluding steroid dienone is 1. The lowest BCUT2D eigenvalue weighted by molar-refractivity contribution is 0.0448. The molecule has 0 radical (unpaired) electrons. The molecular formula is C22H28O6. The van der Waals surface area contributed by atoms with E-state index in [1.54, 1.807) is 26.2 Å². The normalized spacial score (nSPS) is 13.1. The molecule has 0 aliphatic rings. The molecule has 0 fully saturated rings. The molecule has 2 aromatic rings. The van der Waals surface area contributed by atoms with E-state index in [-0.39, 0.29) is 0 Å². The lowest BCUT2D eigenvalue weighted by Crippen LogP contribution is -2.22. The van der Waals surface area contributed by atoms with Crippen molar-refractivity contribution in [2.24, 2.45) is 0 Å². The highest BCUT2D eigenvalue weighted by atomic mass is 16.5. The van der Waals surface area contributed by atoms with Crippen LogP contribution >= 0.6 is 0 Å². The zero-order chi connectivity index (χ0) is 20.7. The van der Waals surface area contributed by atoms with Gasteiger partial charge in [-0.15, -0.1) is 0 Å². The highest BCUT2D eigenvalue weighted by molar-refractivity contribution is 5.56. The number of rotatable bonds is 9. The van der Waals surface area contributed by atoms with Gasteiger partial charge in [-0.3, -0.25) is 0 Å². The van der Waals surface area contributed by atoms with E-state index in [2.05, 4.69) is 0 Å². The van der Waals surface area contributed by atoms with Crippen molar-refractivity contribution in [3.05, 3.63) is 47.5 Å². The van der Waals surface area contributed by atoms with Crippen molar-refractivity contribution in [3.63, 3.8) is 0 Å². The van der Waals surface area contributed by atoms with E-state index in [1.807, 2.05) is 37.3 Å². The molecule has 152 valence electrons. The van der Waals surface area contributed by atoms with Gasteiger partial charge in [-0.1, -0.05) is 18.2 Å². The van der Waals surface area contributed by atoms with Crippen molar-refractivity contribution in [2.45, 2.75) is 26.1 Å². The van der Waals surface area contributed by atoms with Gasteiger partial charge in [-0.2, -0.15) is 0 Å². The Balaban J connectivity index is 2.29. The van der Waals surface area contributed by atoms with Crippen molar-refractivity contribution < 1.29 is 28.8 Å². The van der Waals surface area contributed by atoms with Crippen LogP contribution in [0, 0.1) is 0 Å². The van der Waals surface area contributed by atoms with Crippen LogP contribution in [-0.2, 0) is 0 Å². The minimum Gasteiger partial charge on any atom is -0.493 e. The molecule has 0 bridgehead atoms. The first-order valence-electron chi connectivity index (χ1n) is 8.94. The number of aliphatic hydroxyl groups is 1. The largest absolute Gasteiger partial charge is 0.493 e. The van der Waals surface area contributed by atoms with Crippen LogP contribution in [0.5, 0.6) is 28.7 Å². The number of benzene rings is 2. The minimum absolute atomic E-state index is 0.468. The van der Waals surface area contributed by atoms with E-state index in [9.17, 15) is 5.11 Å². The number of hydrogen-bond acceptors (Lipinski definition) is 6. The van der Waals surface area contributed by atoms with Gasteiger partial charge in [0.25, 0.3) is 0 Å². The SMILES string of the molecule is C/C=C/c1ccc(O[C@H](C)[C@@H](O)c2cc(OC)c(OC)c(OC)c2)c(OC)c1. The first kappa shape index (κ1) is 21.4. The van der Waals surface area contributed by atoms with Crippen molar-refractivity contribution in [1.29, 1.82) is 0 Å². The van der Waals surface area contributed by atoms with Crippen molar-refractivity contribution in [1.82, 2.24) is 0 Å². The molecule has 0 aromatic heterocycles. The molecule has 6 nitrogen and oxygen atoms in total. The second kappa shape index (κ2) is 9.90. The fourth-order valence-electron chi connectivity index (χ4n) is 2.89. The van der Waals surface area contributed by atoms with Gasteiger partial charge in [0.2, 0.25) is 5.75 Å². The van der Waals surface area contributed by atoms with Gasteiger partial charge in [0.05, 0.1) is 28.4 Å². The molecule has 0 aliphatic carbocycles. The second-order valence-corrected chi connectivity index (χ2v) is 6.14. The number of hydrogen-bond donors (Lipinski definition) is 1. The maximum absolute atomic E-state index is 10.8. The molecule has 0 saturated carbocycles. The smallest absolute Gasteiger partial charge is 0.203 e. The Morgan fingerprint density at radius 1 is 0.821 bits per heavy atom. The Labute approximate surface area is 166 Å². The third-order valence-electron chi connectivity index (χ3n) is 4.33. The van der Waals surface area contributed by atoms with E-state index in [0.717, 1.165) is 5.56 Å². The quantitative estimate of drug-likeness (QED) is 0.693. The van der Waals surface area contributed by atoms with E-state index in [4.69, 9.17) is 23.7 Å². The summed E-state index contributed by atoms with van der Waals surface area (Å²) in [5.41, 5.74) is 1.59. The number of aliphatic hydroxyl groups excluding tert-OH is 1. The van der Waals surface area contributed by atoms with Crippen LogP contribution in [0.25, 0.3) is 6.08 Å². The third kappa shape index (κ3) is 4.70. The van der Waals surface area contributed by atoms with Gasteiger partial charge in [-0.25, -0.2) is 0 Å². The standard InChI is InChI=1S/C22H28O6/c1-7-8-15-9-10-17(18(11-15)24-3)28-14(2)21(23)16-12-19(25-4)22(27-6)20(13-16)26-5/h7-14,21,23H,1-6H3/b8-7+/t14-,21-/m1/s1. The van der Waals surface area contributed by atoms with E-state index < -0.39 is 12.2 Å². The fourth-order valence-corrected chi connectivity index (χ4v) is 2.89. The first-order chi connectivity index (χ1) is 13.5. The van der Waals surface area contributed by atoms with Crippen LogP contribution in [0.15, 0.2) is 36.4 Å². The second-order valence-electron chi connectivity index (χ2n) is 6.14. The Morgan fingerprint density at radius 3 is 1.93 bits per heavy atom. The van der Waals surface area contributed by atoms with Crippen molar-refractivity contribution >= 4 is 6.08 Å².